The van der Waals surface area contributed by atoms with Crippen molar-refractivity contribution in [3.63, 3.8) is 0 Å². The minimum Gasteiger partial charge on any atom is -0.338 e. The molecule has 0 bridgehead atoms. The predicted octanol–water partition coefficient (Wildman–Crippen LogP) is 3.43. The lowest BCUT2D eigenvalue weighted by atomic mass is 10.1. The molecule has 0 aliphatic carbocycles. The number of nitrogens with zero attached hydrogens (tertiary/aromatic N) is 3. The molecule has 2 aromatic heterocycles. The van der Waals surface area contributed by atoms with Crippen LogP contribution in [0.25, 0.3) is 11.5 Å². The van der Waals surface area contributed by atoms with Crippen molar-refractivity contribution in [1.82, 2.24) is 15.0 Å². The van der Waals surface area contributed by atoms with Gasteiger partial charge in [0, 0.05) is 30.0 Å². The number of thiophene rings is 1. The fraction of sp³-hybridized carbons (Fsp3) is 0.235. The summed E-state index contributed by atoms with van der Waals surface area (Å²) < 4.78 is 5.37. The number of hydrogen-bond donors (Lipinski definition) is 0. The van der Waals surface area contributed by atoms with Crippen molar-refractivity contribution >= 4 is 17.2 Å². The molecule has 5 nitrogen and oxygen atoms in total. The number of likely N-dealkylation sites (tertiary alicyclic amines) is 1. The Hall–Kier alpha value is -2.47. The summed E-state index contributed by atoms with van der Waals surface area (Å²) in [5, 5.41) is 7.92. The third-order valence-corrected chi connectivity index (χ3v) is 4.75. The van der Waals surface area contributed by atoms with Crippen molar-refractivity contribution in [3.05, 3.63) is 58.5 Å². The van der Waals surface area contributed by atoms with Crippen LogP contribution in [0.15, 0.2) is 51.7 Å². The average Bonchev–Trinajstić information content (AvgIpc) is 3.35. The molecule has 1 saturated heterocycles. The molecule has 116 valence electrons. The summed E-state index contributed by atoms with van der Waals surface area (Å²) in [6.45, 7) is 1.37. The molecule has 0 unspecified atom stereocenters. The summed E-state index contributed by atoms with van der Waals surface area (Å²) in [4.78, 5) is 18.8. The van der Waals surface area contributed by atoms with Gasteiger partial charge in [0.25, 0.3) is 11.8 Å². The molecular formula is C17H15N3O2S. The Morgan fingerprint density at radius 1 is 1.26 bits per heavy atom. The van der Waals surface area contributed by atoms with Gasteiger partial charge in [0.1, 0.15) is 0 Å². The van der Waals surface area contributed by atoms with Crippen molar-refractivity contribution in [2.75, 3.05) is 13.1 Å². The van der Waals surface area contributed by atoms with Crippen LogP contribution in [-0.2, 0) is 0 Å². The summed E-state index contributed by atoms with van der Waals surface area (Å²) >= 11 is 1.54. The normalized spacial score (nSPS) is 17.6. The van der Waals surface area contributed by atoms with Crippen LogP contribution in [0.3, 0.4) is 0 Å². The highest BCUT2D eigenvalue weighted by Crippen LogP contribution is 2.28. The molecule has 0 spiro atoms. The van der Waals surface area contributed by atoms with E-state index in [1.165, 1.54) is 11.3 Å². The molecule has 4 rings (SSSR count). The lowest BCUT2D eigenvalue weighted by Crippen LogP contribution is -2.28. The molecular weight excluding hydrogens is 310 g/mol. The Morgan fingerprint density at radius 2 is 2.13 bits per heavy atom. The number of aromatic nitrogens is 2. The van der Waals surface area contributed by atoms with E-state index in [1.54, 1.807) is 0 Å². The first-order valence-electron chi connectivity index (χ1n) is 7.52. The predicted molar refractivity (Wildman–Crippen MR) is 87.3 cm³/mol. The molecule has 23 heavy (non-hydrogen) atoms. The number of benzene rings is 1. The molecule has 1 amide bonds. The van der Waals surface area contributed by atoms with E-state index in [9.17, 15) is 4.79 Å². The number of carbonyl (C=O) groups excluding carboxylic acids is 1. The Labute approximate surface area is 137 Å². The average molecular weight is 325 g/mol. The number of hydrogen-bond acceptors (Lipinski definition) is 5. The number of amides is 1. The second kappa shape index (κ2) is 5.96. The van der Waals surface area contributed by atoms with E-state index in [0.29, 0.717) is 18.3 Å². The first kappa shape index (κ1) is 14.1. The molecule has 1 aromatic carbocycles. The van der Waals surface area contributed by atoms with Gasteiger partial charge in [-0.2, -0.15) is 16.3 Å². The van der Waals surface area contributed by atoms with Crippen LogP contribution in [-0.4, -0.2) is 34.0 Å². The second-order valence-electron chi connectivity index (χ2n) is 5.57. The largest absolute Gasteiger partial charge is 0.338 e. The quantitative estimate of drug-likeness (QED) is 0.740. The molecule has 3 aromatic rings. The third-order valence-electron chi connectivity index (χ3n) is 4.07. The fourth-order valence-corrected chi connectivity index (χ4v) is 3.45. The summed E-state index contributed by atoms with van der Waals surface area (Å²) in [6, 6.07) is 11.6. The number of carbonyl (C=O) groups is 1. The first-order valence-corrected chi connectivity index (χ1v) is 8.46. The van der Waals surface area contributed by atoms with E-state index >= 15 is 0 Å². The Bertz CT molecular complexity index is 798. The van der Waals surface area contributed by atoms with Crippen molar-refractivity contribution in [1.29, 1.82) is 0 Å². The molecule has 0 saturated carbocycles. The van der Waals surface area contributed by atoms with E-state index < -0.39 is 0 Å². The molecule has 6 heteroatoms. The van der Waals surface area contributed by atoms with Crippen LogP contribution in [0.4, 0.5) is 0 Å². The van der Waals surface area contributed by atoms with Crippen molar-refractivity contribution in [3.8, 4) is 11.5 Å². The second-order valence-corrected chi connectivity index (χ2v) is 6.35. The zero-order valence-corrected chi connectivity index (χ0v) is 13.2. The van der Waals surface area contributed by atoms with E-state index in [4.69, 9.17) is 4.52 Å². The fourth-order valence-electron chi connectivity index (χ4n) is 2.82. The zero-order chi connectivity index (χ0) is 15.6. The molecule has 1 aliphatic rings. The van der Waals surface area contributed by atoms with Gasteiger partial charge in [-0.15, -0.1) is 0 Å². The highest BCUT2D eigenvalue weighted by Gasteiger charge is 2.31. The van der Waals surface area contributed by atoms with Gasteiger partial charge in [-0.25, -0.2) is 0 Å². The monoisotopic (exact) mass is 325 g/mol. The van der Waals surface area contributed by atoms with Crippen LogP contribution in [0.5, 0.6) is 0 Å². The summed E-state index contributed by atoms with van der Waals surface area (Å²) in [7, 11) is 0. The van der Waals surface area contributed by atoms with Gasteiger partial charge in [-0.3, -0.25) is 4.79 Å². The van der Waals surface area contributed by atoms with E-state index in [1.807, 2.05) is 52.1 Å². The third kappa shape index (κ3) is 2.77. The van der Waals surface area contributed by atoms with E-state index in [2.05, 4.69) is 10.1 Å². The van der Waals surface area contributed by atoms with Gasteiger partial charge >= 0.3 is 0 Å². The van der Waals surface area contributed by atoms with Crippen LogP contribution in [0, 0.1) is 0 Å². The van der Waals surface area contributed by atoms with Crippen LogP contribution in [0.1, 0.15) is 28.5 Å². The Kier molecular flexibility index (Phi) is 3.67. The van der Waals surface area contributed by atoms with Crippen molar-refractivity contribution < 1.29 is 9.32 Å². The van der Waals surface area contributed by atoms with Crippen molar-refractivity contribution in [2.24, 2.45) is 0 Å². The molecule has 1 atom stereocenters. The highest BCUT2D eigenvalue weighted by molar-refractivity contribution is 7.08. The summed E-state index contributed by atoms with van der Waals surface area (Å²) in [5.74, 6) is 1.44. The van der Waals surface area contributed by atoms with E-state index in [0.717, 1.165) is 24.1 Å². The summed E-state index contributed by atoms with van der Waals surface area (Å²) in [5.41, 5.74) is 1.67. The molecule has 0 N–H and O–H groups in total. The summed E-state index contributed by atoms with van der Waals surface area (Å²) in [6.07, 6.45) is 0.865. The molecule has 0 radical (unpaired) electrons. The highest BCUT2D eigenvalue weighted by atomic mass is 32.1. The van der Waals surface area contributed by atoms with Gasteiger partial charge in [0.05, 0.1) is 5.56 Å². The SMILES string of the molecule is O=C(c1ccsc1)N1CC[C@@H](c2noc(-c3ccccc3)n2)C1. The van der Waals surface area contributed by atoms with Crippen molar-refractivity contribution in [2.45, 2.75) is 12.3 Å². The lowest BCUT2D eigenvalue weighted by Gasteiger charge is -2.14. The smallest absolute Gasteiger partial charge is 0.257 e. The minimum atomic E-state index is 0.0838. The maximum Gasteiger partial charge on any atom is 0.257 e. The number of rotatable bonds is 3. The Morgan fingerprint density at radius 3 is 2.91 bits per heavy atom. The standard InChI is InChI=1S/C17H15N3O2S/c21-17(14-7-9-23-11-14)20-8-6-13(10-20)15-18-16(22-19-15)12-4-2-1-3-5-12/h1-5,7,9,11,13H,6,8,10H2/t13-/m1/s1. The van der Waals surface area contributed by atoms with Crippen LogP contribution in [0.2, 0.25) is 0 Å². The van der Waals surface area contributed by atoms with Gasteiger partial charge in [-0.1, -0.05) is 23.4 Å². The lowest BCUT2D eigenvalue weighted by molar-refractivity contribution is 0.0791. The maximum atomic E-state index is 12.4. The Balaban J connectivity index is 1.48. The zero-order valence-electron chi connectivity index (χ0n) is 12.4. The topological polar surface area (TPSA) is 59.2 Å². The molecule has 1 fully saturated rings. The maximum absolute atomic E-state index is 12.4. The van der Waals surface area contributed by atoms with Gasteiger partial charge in [-0.05, 0) is 30.0 Å². The first-order chi connectivity index (χ1) is 11.3. The van der Waals surface area contributed by atoms with Crippen LogP contribution < -0.4 is 0 Å². The molecule has 3 heterocycles. The van der Waals surface area contributed by atoms with Gasteiger partial charge < -0.3 is 9.42 Å². The molecule has 1 aliphatic heterocycles. The van der Waals surface area contributed by atoms with Crippen LogP contribution >= 0.6 is 11.3 Å². The van der Waals surface area contributed by atoms with Gasteiger partial charge in [0.15, 0.2) is 5.82 Å². The van der Waals surface area contributed by atoms with Gasteiger partial charge in [0.2, 0.25) is 0 Å². The minimum absolute atomic E-state index is 0.0838. The van der Waals surface area contributed by atoms with E-state index in [-0.39, 0.29) is 11.8 Å².